The average molecular weight is 451 g/mol. The van der Waals surface area contributed by atoms with Crippen molar-refractivity contribution < 1.29 is 23.8 Å². The number of carbonyl (C=O) groups excluding carboxylic acids is 2. The molecule has 1 aliphatic rings. The van der Waals surface area contributed by atoms with Gasteiger partial charge in [-0.2, -0.15) is 0 Å². The van der Waals surface area contributed by atoms with Gasteiger partial charge in [-0.05, 0) is 17.0 Å². The molecule has 0 radical (unpaired) electrons. The fourth-order valence-corrected chi connectivity index (χ4v) is 4.32. The molecule has 8 heteroatoms. The molecule has 7 nitrogen and oxygen atoms in total. The fourth-order valence-electron chi connectivity index (χ4n) is 3.55. The van der Waals surface area contributed by atoms with Crippen molar-refractivity contribution in [3.63, 3.8) is 0 Å². The zero-order valence-electron chi connectivity index (χ0n) is 17.9. The Bertz CT molecular complexity index is 1150. The molecule has 1 aliphatic heterocycles. The Morgan fingerprint density at radius 2 is 1.56 bits per heavy atom. The first kappa shape index (κ1) is 21.5. The molecule has 0 spiro atoms. The Kier molecular flexibility index (Phi) is 6.13. The molecular formula is C24H22N2O5S. The maximum atomic E-state index is 13.4. The fraction of sp³-hybridized carbons (Fsp3) is 0.167. The molecule has 0 aliphatic carbocycles. The van der Waals surface area contributed by atoms with Gasteiger partial charge in [0.25, 0.3) is 11.8 Å². The number of imide groups is 1. The minimum absolute atomic E-state index is 0.188. The van der Waals surface area contributed by atoms with Crippen LogP contribution in [-0.2, 0) is 16.1 Å². The SMILES string of the molecule is COc1cc(NC2=C(c3cccs3)C(=O)N(Cc3ccccc3)C2=O)cc(OC)c1OC. The number of nitrogens with one attached hydrogen (secondary N) is 1. The van der Waals surface area contributed by atoms with Crippen LogP contribution in [0, 0.1) is 0 Å². The van der Waals surface area contributed by atoms with Gasteiger partial charge in [-0.15, -0.1) is 11.3 Å². The number of amides is 2. The molecule has 0 bridgehead atoms. The van der Waals surface area contributed by atoms with E-state index in [1.807, 2.05) is 47.8 Å². The van der Waals surface area contributed by atoms with E-state index in [-0.39, 0.29) is 18.1 Å². The lowest BCUT2D eigenvalue weighted by Crippen LogP contribution is -2.31. The third-order valence-electron chi connectivity index (χ3n) is 5.05. The number of methoxy groups -OCH3 is 3. The number of carbonyl (C=O) groups is 2. The number of hydrogen-bond donors (Lipinski definition) is 1. The van der Waals surface area contributed by atoms with Gasteiger partial charge in [-0.3, -0.25) is 14.5 Å². The molecule has 0 atom stereocenters. The van der Waals surface area contributed by atoms with Crippen molar-refractivity contribution in [2.24, 2.45) is 0 Å². The highest BCUT2D eigenvalue weighted by molar-refractivity contribution is 7.11. The third kappa shape index (κ3) is 3.92. The highest BCUT2D eigenvalue weighted by Gasteiger charge is 2.39. The van der Waals surface area contributed by atoms with Crippen molar-refractivity contribution >= 4 is 34.4 Å². The highest BCUT2D eigenvalue weighted by Crippen LogP contribution is 2.41. The van der Waals surface area contributed by atoms with E-state index in [9.17, 15) is 9.59 Å². The molecule has 0 fully saturated rings. The van der Waals surface area contributed by atoms with E-state index in [2.05, 4.69) is 5.32 Å². The van der Waals surface area contributed by atoms with Crippen molar-refractivity contribution in [1.82, 2.24) is 4.90 Å². The second-order valence-corrected chi connectivity index (χ2v) is 7.90. The molecule has 2 amide bonds. The summed E-state index contributed by atoms with van der Waals surface area (Å²) in [6.45, 7) is 0.188. The normalized spacial score (nSPS) is 13.5. The smallest absolute Gasteiger partial charge is 0.278 e. The molecule has 32 heavy (non-hydrogen) atoms. The second-order valence-electron chi connectivity index (χ2n) is 6.95. The van der Waals surface area contributed by atoms with Crippen LogP contribution >= 0.6 is 11.3 Å². The summed E-state index contributed by atoms with van der Waals surface area (Å²) in [6, 6.07) is 16.5. The third-order valence-corrected chi connectivity index (χ3v) is 5.94. The Balaban J connectivity index is 1.74. The van der Waals surface area contributed by atoms with E-state index in [1.54, 1.807) is 12.1 Å². The molecule has 164 valence electrons. The van der Waals surface area contributed by atoms with Crippen LogP contribution in [0.15, 0.2) is 65.7 Å². The van der Waals surface area contributed by atoms with Crippen LogP contribution in [0.1, 0.15) is 10.4 Å². The summed E-state index contributed by atoms with van der Waals surface area (Å²) in [5, 5.41) is 5.01. The largest absolute Gasteiger partial charge is 0.493 e. The monoisotopic (exact) mass is 450 g/mol. The van der Waals surface area contributed by atoms with Gasteiger partial charge in [-0.1, -0.05) is 36.4 Å². The Hall–Kier alpha value is -3.78. The van der Waals surface area contributed by atoms with Crippen LogP contribution < -0.4 is 19.5 Å². The molecule has 3 aromatic rings. The molecule has 0 saturated carbocycles. The lowest BCUT2D eigenvalue weighted by atomic mass is 10.1. The Morgan fingerprint density at radius 1 is 0.875 bits per heavy atom. The summed E-state index contributed by atoms with van der Waals surface area (Å²) in [5.41, 5.74) is 1.96. The number of ether oxygens (including phenoxy) is 3. The van der Waals surface area contributed by atoms with Crippen LogP contribution in [0.25, 0.3) is 5.57 Å². The predicted molar refractivity (Wildman–Crippen MR) is 123 cm³/mol. The number of anilines is 1. The molecule has 0 unspecified atom stereocenters. The second kappa shape index (κ2) is 9.15. The first-order valence-electron chi connectivity index (χ1n) is 9.82. The summed E-state index contributed by atoms with van der Waals surface area (Å²) < 4.78 is 16.2. The number of nitrogens with zero attached hydrogens (tertiary/aromatic N) is 1. The lowest BCUT2D eigenvalue weighted by molar-refractivity contribution is -0.137. The molecule has 2 aromatic carbocycles. The van der Waals surface area contributed by atoms with Gasteiger partial charge in [0.15, 0.2) is 11.5 Å². The Morgan fingerprint density at radius 3 is 2.12 bits per heavy atom. The number of benzene rings is 2. The van der Waals surface area contributed by atoms with Crippen molar-refractivity contribution in [3.8, 4) is 17.2 Å². The van der Waals surface area contributed by atoms with Crippen molar-refractivity contribution in [2.45, 2.75) is 6.54 Å². The van der Waals surface area contributed by atoms with Gasteiger partial charge < -0.3 is 19.5 Å². The van der Waals surface area contributed by atoms with E-state index in [1.165, 1.54) is 37.6 Å². The summed E-state index contributed by atoms with van der Waals surface area (Å²) in [5.74, 6) is 0.580. The minimum atomic E-state index is -0.393. The lowest BCUT2D eigenvalue weighted by Gasteiger charge is -2.17. The van der Waals surface area contributed by atoms with Crippen LogP contribution in [0.5, 0.6) is 17.2 Å². The van der Waals surface area contributed by atoms with Gasteiger partial charge in [0.1, 0.15) is 5.70 Å². The van der Waals surface area contributed by atoms with Crippen LogP contribution in [-0.4, -0.2) is 38.0 Å². The van der Waals surface area contributed by atoms with Gasteiger partial charge >= 0.3 is 0 Å². The van der Waals surface area contributed by atoms with E-state index in [4.69, 9.17) is 14.2 Å². The number of hydrogen-bond acceptors (Lipinski definition) is 7. The van der Waals surface area contributed by atoms with Gasteiger partial charge in [0, 0.05) is 22.7 Å². The summed E-state index contributed by atoms with van der Waals surface area (Å²) in [4.78, 5) is 28.6. The van der Waals surface area contributed by atoms with Gasteiger partial charge in [0.05, 0.1) is 33.4 Å². The zero-order valence-corrected chi connectivity index (χ0v) is 18.7. The topological polar surface area (TPSA) is 77.1 Å². The van der Waals surface area contributed by atoms with E-state index < -0.39 is 5.91 Å². The zero-order chi connectivity index (χ0) is 22.7. The van der Waals surface area contributed by atoms with E-state index >= 15 is 0 Å². The maximum absolute atomic E-state index is 13.4. The number of rotatable bonds is 8. The Labute approximate surface area is 189 Å². The van der Waals surface area contributed by atoms with Crippen molar-refractivity contribution in [2.75, 3.05) is 26.6 Å². The van der Waals surface area contributed by atoms with Crippen molar-refractivity contribution in [3.05, 3.63) is 76.1 Å². The van der Waals surface area contributed by atoms with Gasteiger partial charge in [0.2, 0.25) is 5.75 Å². The summed E-state index contributed by atoms with van der Waals surface area (Å²) in [6.07, 6.45) is 0. The standard InChI is InChI=1S/C24H22N2O5S/c1-29-17-12-16(13-18(30-2)22(17)31-3)25-21-20(19-10-7-11-32-19)23(27)26(24(21)28)14-15-8-5-4-6-9-15/h4-13,25H,14H2,1-3H3. The molecule has 0 saturated heterocycles. The average Bonchev–Trinajstić information content (AvgIpc) is 3.42. The molecular weight excluding hydrogens is 428 g/mol. The first-order chi connectivity index (χ1) is 15.6. The molecule has 1 N–H and O–H groups in total. The summed E-state index contributed by atoms with van der Waals surface area (Å²) in [7, 11) is 4.55. The van der Waals surface area contributed by atoms with Crippen LogP contribution in [0.3, 0.4) is 0 Å². The molecule has 1 aromatic heterocycles. The maximum Gasteiger partial charge on any atom is 0.278 e. The van der Waals surface area contributed by atoms with Crippen molar-refractivity contribution in [1.29, 1.82) is 0 Å². The van der Waals surface area contributed by atoms with E-state index in [0.717, 1.165) is 5.56 Å². The van der Waals surface area contributed by atoms with Crippen LogP contribution in [0.4, 0.5) is 5.69 Å². The van der Waals surface area contributed by atoms with Gasteiger partial charge in [-0.25, -0.2) is 0 Å². The van der Waals surface area contributed by atoms with Crippen LogP contribution in [0.2, 0.25) is 0 Å². The molecule has 2 heterocycles. The highest BCUT2D eigenvalue weighted by atomic mass is 32.1. The minimum Gasteiger partial charge on any atom is -0.493 e. The quantitative estimate of drug-likeness (QED) is 0.519. The molecule has 4 rings (SSSR count). The number of thiophene rings is 1. The van der Waals surface area contributed by atoms with E-state index in [0.29, 0.717) is 33.4 Å². The predicted octanol–water partition coefficient (Wildman–Crippen LogP) is 4.17. The first-order valence-corrected chi connectivity index (χ1v) is 10.7. The summed E-state index contributed by atoms with van der Waals surface area (Å²) >= 11 is 1.40.